The minimum Gasteiger partial charge on any atom is -0.370 e. The van der Waals surface area contributed by atoms with E-state index >= 15 is 0 Å². The Balaban J connectivity index is 1.47. The van der Waals surface area contributed by atoms with Gasteiger partial charge in [0.2, 0.25) is 5.91 Å². The Morgan fingerprint density at radius 2 is 2.15 bits per heavy atom. The van der Waals surface area contributed by atoms with E-state index in [0.717, 1.165) is 23.8 Å². The number of nitrogens with two attached hydrogens (primary N) is 1. The lowest BCUT2D eigenvalue weighted by molar-refractivity contribution is -0.118. The zero-order valence-corrected chi connectivity index (χ0v) is 15.9. The van der Waals surface area contributed by atoms with Crippen LogP contribution in [-0.2, 0) is 17.1 Å². The average molecular weight is 405 g/mol. The van der Waals surface area contributed by atoms with Crippen molar-refractivity contribution in [2.45, 2.75) is 42.6 Å². The highest BCUT2D eigenvalue weighted by Crippen LogP contribution is 2.40. The fraction of sp³-hybridized carbons (Fsp3) is 0.353. The minimum atomic E-state index is -0.344. The second kappa shape index (κ2) is 7.69. The topological polar surface area (TPSA) is 113 Å². The van der Waals surface area contributed by atoms with Gasteiger partial charge in [-0.3, -0.25) is 4.79 Å². The van der Waals surface area contributed by atoms with Crippen LogP contribution in [-0.4, -0.2) is 30.8 Å². The van der Waals surface area contributed by atoms with E-state index in [1.54, 1.807) is 6.07 Å². The maximum atomic E-state index is 11.2. The Labute approximate surface area is 164 Å². The van der Waals surface area contributed by atoms with Crippen molar-refractivity contribution in [1.82, 2.24) is 24.9 Å². The third-order valence-corrected chi connectivity index (χ3v) is 5.46. The van der Waals surface area contributed by atoms with Crippen LogP contribution in [0.5, 0.6) is 0 Å². The van der Waals surface area contributed by atoms with Crippen LogP contribution < -0.4 is 5.73 Å². The summed E-state index contributed by atoms with van der Waals surface area (Å²) in [5, 5.41) is 13.8. The number of nitrogens with zero attached hydrogens (tertiary/aromatic N) is 5. The lowest BCUT2D eigenvalue weighted by Crippen LogP contribution is -2.15. The summed E-state index contributed by atoms with van der Waals surface area (Å²) in [5.74, 6) is 2.38. The van der Waals surface area contributed by atoms with E-state index in [1.165, 1.54) is 11.8 Å². The number of hydrogen-bond donors (Lipinski definition) is 1. The number of amides is 1. The first-order valence-electron chi connectivity index (χ1n) is 8.53. The van der Waals surface area contributed by atoms with E-state index < -0.39 is 0 Å². The molecule has 8 nitrogen and oxygen atoms in total. The van der Waals surface area contributed by atoms with Crippen LogP contribution in [0.3, 0.4) is 0 Å². The largest absolute Gasteiger partial charge is 0.370 e. The van der Waals surface area contributed by atoms with Crippen LogP contribution in [0, 0.1) is 0 Å². The first-order chi connectivity index (χ1) is 13.1. The summed E-state index contributed by atoms with van der Waals surface area (Å²) in [7, 11) is 0. The fourth-order valence-electron chi connectivity index (χ4n) is 2.67. The Morgan fingerprint density at radius 3 is 2.89 bits per heavy atom. The zero-order valence-electron chi connectivity index (χ0n) is 14.3. The zero-order chi connectivity index (χ0) is 18.8. The van der Waals surface area contributed by atoms with E-state index in [2.05, 4.69) is 20.3 Å². The first-order valence-corrected chi connectivity index (χ1v) is 9.90. The van der Waals surface area contributed by atoms with Crippen LogP contribution in [0.15, 0.2) is 33.9 Å². The normalized spacial score (nSPS) is 13.8. The first kappa shape index (κ1) is 18.0. The Kier molecular flexibility index (Phi) is 5.13. The highest BCUT2D eigenvalue weighted by Gasteiger charge is 2.30. The van der Waals surface area contributed by atoms with E-state index in [0.29, 0.717) is 40.5 Å². The molecule has 0 radical (unpaired) electrons. The van der Waals surface area contributed by atoms with Crippen molar-refractivity contribution in [3.63, 3.8) is 0 Å². The van der Waals surface area contributed by atoms with Crippen molar-refractivity contribution in [2.75, 3.05) is 0 Å². The standard InChI is InChI=1S/C17H17ClN6O2S/c18-12-4-2-1-3-11(12)16-20-14(23-26-16)9-27-17-22-21-15(10-5-6-10)24(17)8-7-13(19)25/h1-4,10H,5-9H2,(H2,19,25). The van der Waals surface area contributed by atoms with Gasteiger partial charge in [-0.15, -0.1) is 10.2 Å². The molecule has 1 aromatic carbocycles. The fourth-order valence-corrected chi connectivity index (χ4v) is 3.70. The lowest BCUT2D eigenvalue weighted by atomic mass is 10.2. The molecule has 2 aromatic heterocycles. The maximum absolute atomic E-state index is 11.2. The van der Waals surface area contributed by atoms with Crippen molar-refractivity contribution in [3.8, 4) is 11.5 Å². The Hall–Kier alpha value is -2.39. The van der Waals surface area contributed by atoms with Gasteiger partial charge in [-0.25, -0.2) is 0 Å². The average Bonchev–Trinajstić information content (AvgIpc) is 3.25. The van der Waals surface area contributed by atoms with Crippen molar-refractivity contribution in [1.29, 1.82) is 0 Å². The molecule has 1 fully saturated rings. The number of halogens is 1. The van der Waals surface area contributed by atoms with Gasteiger partial charge < -0.3 is 14.8 Å². The molecule has 3 aromatic rings. The van der Waals surface area contributed by atoms with Gasteiger partial charge in [-0.2, -0.15) is 4.98 Å². The number of thioether (sulfide) groups is 1. The number of hydrogen-bond acceptors (Lipinski definition) is 7. The van der Waals surface area contributed by atoms with Crippen molar-refractivity contribution in [2.24, 2.45) is 5.73 Å². The second-order valence-electron chi connectivity index (χ2n) is 6.27. The molecule has 0 unspecified atom stereocenters. The molecule has 140 valence electrons. The van der Waals surface area contributed by atoms with Crippen LogP contribution in [0.25, 0.3) is 11.5 Å². The number of benzene rings is 1. The monoisotopic (exact) mass is 404 g/mol. The molecule has 0 bridgehead atoms. The van der Waals surface area contributed by atoms with Gasteiger partial charge in [-0.05, 0) is 25.0 Å². The molecule has 0 saturated heterocycles. The third-order valence-electron chi connectivity index (χ3n) is 4.17. The summed E-state index contributed by atoms with van der Waals surface area (Å²) in [6.45, 7) is 0.480. The summed E-state index contributed by atoms with van der Waals surface area (Å²) in [5.41, 5.74) is 5.99. The van der Waals surface area contributed by atoms with E-state index in [9.17, 15) is 4.79 Å². The molecular formula is C17H17ClN6O2S. The predicted octanol–water partition coefficient (Wildman–Crippen LogP) is 3.03. The quantitative estimate of drug-likeness (QED) is 0.574. The molecule has 2 N–H and O–H groups in total. The van der Waals surface area contributed by atoms with Crippen molar-refractivity contribution < 1.29 is 9.32 Å². The van der Waals surface area contributed by atoms with Gasteiger partial charge in [0.05, 0.1) is 16.3 Å². The highest BCUT2D eigenvalue weighted by molar-refractivity contribution is 7.98. The predicted molar refractivity (Wildman–Crippen MR) is 100 cm³/mol. The SMILES string of the molecule is NC(=O)CCn1c(SCc2noc(-c3ccccc3Cl)n2)nnc1C1CC1. The summed E-state index contributed by atoms with van der Waals surface area (Å²) in [6, 6.07) is 7.31. The molecule has 2 heterocycles. The number of primary amides is 1. The van der Waals surface area contributed by atoms with Crippen molar-refractivity contribution in [3.05, 3.63) is 40.9 Å². The van der Waals surface area contributed by atoms with E-state index in [4.69, 9.17) is 21.9 Å². The Bertz CT molecular complexity index is 968. The molecule has 0 aliphatic heterocycles. The molecule has 0 atom stereocenters. The Morgan fingerprint density at radius 1 is 1.33 bits per heavy atom. The molecule has 10 heteroatoms. The molecule has 4 rings (SSSR count). The highest BCUT2D eigenvalue weighted by atomic mass is 35.5. The van der Waals surface area contributed by atoms with Crippen LogP contribution in [0.2, 0.25) is 5.02 Å². The van der Waals surface area contributed by atoms with E-state index in [1.807, 2.05) is 22.8 Å². The van der Waals surface area contributed by atoms with Gasteiger partial charge in [0.25, 0.3) is 5.89 Å². The summed E-state index contributed by atoms with van der Waals surface area (Å²) in [4.78, 5) is 15.6. The van der Waals surface area contributed by atoms with Gasteiger partial charge >= 0.3 is 0 Å². The maximum Gasteiger partial charge on any atom is 0.259 e. The number of carbonyl (C=O) groups excluding carboxylic acids is 1. The molecule has 1 saturated carbocycles. The molecule has 1 aliphatic rings. The molecule has 0 spiro atoms. The smallest absolute Gasteiger partial charge is 0.259 e. The third kappa shape index (κ3) is 4.14. The summed E-state index contributed by atoms with van der Waals surface area (Å²) < 4.78 is 7.29. The molecule has 27 heavy (non-hydrogen) atoms. The molecule has 1 aliphatic carbocycles. The lowest BCUT2D eigenvalue weighted by Gasteiger charge is -2.07. The molecule has 1 amide bonds. The van der Waals surface area contributed by atoms with Crippen LogP contribution >= 0.6 is 23.4 Å². The van der Waals surface area contributed by atoms with Gasteiger partial charge in [0.15, 0.2) is 11.0 Å². The second-order valence-corrected chi connectivity index (χ2v) is 7.62. The van der Waals surface area contributed by atoms with Gasteiger partial charge in [0, 0.05) is 18.9 Å². The number of aromatic nitrogens is 5. The number of rotatable bonds is 8. The van der Waals surface area contributed by atoms with Gasteiger partial charge in [-0.1, -0.05) is 40.7 Å². The van der Waals surface area contributed by atoms with Gasteiger partial charge in [0.1, 0.15) is 5.82 Å². The molecular weight excluding hydrogens is 388 g/mol. The minimum absolute atomic E-state index is 0.254. The van der Waals surface area contributed by atoms with Crippen molar-refractivity contribution >= 4 is 29.3 Å². The number of carbonyl (C=O) groups is 1. The van der Waals surface area contributed by atoms with Crippen LogP contribution in [0.1, 0.15) is 36.8 Å². The van der Waals surface area contributed by atoms with Crippen LogP contribution in [0.4, 0.5) is 0 Å². The summed E-state index contributed by atoms with van der Waals surface area (Å²) >= 11 is 7.62. The van der Waals surface area contributed by atoms with E-state index in [-0.39, 0.29) is 12.3 Å². The summed E-state index contributed by atoms with van der Waals surface area (Å²) in [6.07, 6.45) is 2.46.